The minimum absolute atomic E-state index is 0.0367. The quantitative estimate of drug-likeness (QED) is 0.694. The highest BCUT2D eigenvalue weighted by atomic mass is 35.5. The fraction of sp³-hybridized carbons (Fsp3) is 0.217. The summed E-state index contributed by atoms with van der Waals surface area (Å²) in [5, 5.41) is 13.0. The van der Waals surface area contributed by atoms with Crippen LogP contribution in [0.2, 0.25) is 5.02 Å². The number of hydrogen-bond acceptors (Lipinski definition) is 4. The Balaban J connectivity index is 1.97. The Morgan fingerprint density at radius 2 is 1.67 bits per heavy atom. The van der Waals surface area contributed by atoms with Crippen molar-refractivity contribution in [2.45, 2.75) is 25.9 Å². The van der Waals surface area contributed by atoms with Crippen LogP contribution in [0.3, 0.4) is 0 Å². The van der Waals surface area contributed by atoms with Gasteiger partial charge in [-0.2, -0.15) is 0 Å². The van der Waals surface area contributed by atoms with E-state index in [1.807, 2.05) is 73.5 Å². The van der Waals surface area contributed by atoms with Crippen molar-refractivity contribution in [1.82, 2.24) is 9.58 Å². The monoisotopic (exact) mass is 423 g/mol. The number of fused-ring (bicyclic) bond motifs is 1. The molecular weight excluding hydrogens is 402 g/mol. The molecule has 1 aliphatic heterocycles. The summed E-state index contributed by atoms with van der Waals surface area (Å²) >= 11 is 6.29. The summed E-state index contributed by atoms with van der Waals surface area (Å²) in [4.78, 5) is 26.8. The van der Waals surface area contributed by atoms with Gasteiger partial charge < -0.3 is 10.0 Å². The van der Waals surface area contributed by atoms with Crippen molar-refractivity contribution in [1.29, 1.82) is 0 Å². The second-order valence-corrected chi connectivity index (χ2v) is 7.98. The molecule has 0 spiro atoms. The van der Waals surface area contributed by atoms with E-state index in [-0.39, 0.29) is 30.4 Å². The molecule has 154 valence electrons. The van der Waals surface area contributed by atoms with E-state index in [1.165, 1.54) is 12.3 Å². The zero-order chi connectivity index (χ0) is 21.4. The number of carbonyl (C=O) groups is 1. The number of halogens is 1. The molecule has 3 aromatic rings. The minimum atomic E-state index is -0.584. The van der Waals surface area contributed by atoms with Crippen LogP contribution in [-0.2, 0) is 0 Å². The lowest BCUT2D eigenvalue weighted by atomic mass is 9.98. The molecule has 0 saturated heterocycles. The number of aromatic nitrogens is 1. The molecule has 1 unspecified atom stereocenters. The lowest BCUT2D eigenvalue weighted by Gasteiger charge is -2.45. The lowest BCUT2D eigenvalue weighted by Crippen LogP contribution is -2.57. The third kappa shape index (κ3) is 3.44. The third-order valence-corrected chi connectivity index (χ3v) is 5.53. The minimum Gasteiger partial charge on any atom is -0.502 e. The summed E-state index contributed by atoms with van der Waals surface area (Å²) in [6, 6.07) is 18.2. The Hall–Kier alpha value is -3.25. The molecule has 7 heteroatoms. The van der Waals surface area contributed by atoms with E-state index < -0.39 is 11.2 Å². The van der Waals surface area contributed by atoms with Crippen LogP contribution in [-0.4, -0.2) is 33.3 Å². The van der Waals surface area contributed by atoms with Crippen molar-refractivity contribution in [3.05, 3.63) is 98.9 Å². The molecule has 1 N–H and O–H groups in total. The highest BCUT2D eigenvalue weighted by Crippen LogP contribution is 2.33. The van der Waals surface area contributed by atoms with Crippen LogP contribution in [0, 0.1) is 0 Å². The van der Waals surface area contributed by atoms with E-state index in [2.05, 4.69) is 0 Å². The molecule has 30 heavy (non-hydrogen) atoms. The molecule has 6 nitrogen and oxygen atoms in total. The number of amides is 1. The van der Waals surface area contributed by atoms with Gasteiger partial charge in [0.15, 0.2) is 11.4 Å². The molecule has 1 aromatic heterocycles. The average Bonchev–Trinajstić information content (AvgIpc) is 2.73. The van der Waals surface area contributed by atoms with E-state index in [9.17, 15) is 14.7 Å². The number of nitrogens with zero attached hydrogens (tertiary/aromatic N) is 3. The van der Waals surface area contributed by atoms with Crippen molar-refractivity contribution in [3.63, 3.8) is 0 Å². The van der Waals surface area contributed by atoms with Crippen molar-refractivity contribution in [2.75, 3.05) is 11.7 Å². The summed E-state index contributed by atoms with van der Waals surface area (Å²) in [6.07, 6.45) is 1.54. The molecular formula is C23H22ClN3O3. The van der Waals surface area contributed by atoms with Gasteiger partial charge in [0.25, 0.3) is 5.91 Å². The number of hydrogen-bond donors (Lipinski definition) is 1. The molecule has 2 aromatic carbocycles. The van der Waals surface area contributed by atoms with Crippen LogP contribution < -0.4 is 10.4 Å². The molecule has 1 aliphatic rings. The van der Waals surface area contributed by atoms with Crippen molar-refractivity contribution in [3.8, 4) is 5.75 Å². The topological polar surface area (TPSA) is 65.8 Å². The maximum Gasteiger partial charge on any atom is 0.278 e. The predicted octanol–water partition coefficient (Wildman–Crippen LogP) is 3.76. The fourth-order valence-corrected chi connectivity index (χ4v) is 4.01. The smallest absolute Gasteiger partial charge is 0.278 e. The Labute approximate surface area is 179 Å². The first-order valence-electron chi connectivity index (χ1n) is 9.71. The first kappa shape index (κ1) is 20.0. The number of aromatic hydroxyl groups is 1. The largest absolute Gasteiger partial charge is 0.502 e. The molecule has 2 heterocycles. The van der Waals surface area contributed by atoms with Gasteiger partial charge in [-0.15, -0.1) is 0 Å². The zero-order valence-electron chi connectivity index (χ0n) is 16.7. The SMILES string of the molecule is CC(C)N1CN(C(c2ccccc2)c2cccc(Cl)c2)n2ccc(=O)c(O)c2C1=O. The second kappa shape index (κ2) is 7.88. The van der Waals surface area contributed by atoms with Gasteiger partial charge in [0.05, 0.1) is 6.04 Å². The van der Waals surface area contributed by atoms with Gasteiger partial charge in [0.1, 0.15) is 6.67 Å². The van der Waals surface area contributed by atoms with E-state index in [0.717, 1.165) is 11.1 Å². The average molecular weight is 424 g/mol. The molecule has 0 bridgehead atoms. The standard InChI is InChI=1S/C23H22ClN3O3/c1-15(2)25-14-27(26-12-11-19(28)22(29)21(26)23(25)30)20(16-7-4-3-5-8-16)17-9-6-10-18(24)13-17/h3-13,15,20,29H,14H2,1-2H3. The summed E-state index contributed by atoms with van der Waals surface area (Å²) in [5.41, 5.74) is 1.29. The van der Waals surface area contributed by atoms with Crippen molar-refractivity contribution in [2.24, 2.45) is 0 Å². The van der Waals surface area contributed by atoms with Gasteiger partial charge in [0, 0.05) is 23.3 Å². The van der Waals surface area contributed by atoms with Gasteiger partial charge in [-0.3, -0.25) is 19.3 Å². The van der Waals surface area contributed by atoms with Gasteiger partial charge in [-0.1, -0.05) is 54.1 Å². The van der Waals surface area contributed by atoms with Crippen LogP contribution in [0.5, 0.6) is 5.75 Å². The fourth-order valence-electron chi connectivity index (χ4n) is 3.81. The highest BCUT2D eigenvalue weighted by Gasteiger charge is 2.37. The normalized spacial score (nSPS) is 14.7. The third-order valence-electron chi connectivity index (χ3n) is 5.29. The first-order valence-corrected chi connectivity index (χ1v) is 10.1. The number of pyridine rings is 1. The lowest BCUT2D eigenvalue weighted by molar-refractivity contribution is 0.0621. The van der Waals surface area contributed by atoms with E-state index >= 15 is 0 Å². The predicted molar refractivity (Wildman–Crippen MR) is 116 cm³/mol. The Kier molecular flexibility index (Phi) is 5.26. The van der Waals surface area contributed by atoms with Crippen molar-refractivity contribution < 1.29 is 9.90 Å². The number of carbonyl (C=O) groups excluding carboxylic acids is 1. The number of benzene rings is 2. The van der Waals surface area contributed by atoms with Gasteiger partial charge in [-0.25, -0.2) is 0 Å². The maximum atomic E-state index is 13.1. The molecule has 1 atom stereocenters. The Morgan fingerprint density at radius 1 is 0.967 bits per heavy atom. The van der Waals surface area contributed by atoms with E-state index in [4.69, 9.17) is 11.6 Å². The maximum absolute atomic E-state index is 13.1. The van der Waals surface area contributed by atoms with Crippen LogP contribution in [0.25, 0.3) is 0 Å². The first-order chi connectivity index (χ1) is 14.4. The van der Waals surface area contributed by atoms with Gasteiger partial charge >= 0.3 is 0 Å². The molecule has 0 saturated carbocycles. The summed E-state index contributed by atoms with van der Waals surface area (Å²) in [6.45, 7) is 4.08. The Morgan fingerprint density at radius 3 is 2.33 bits per heavy atom. The Bertz CT molecular complexity index is 1140. The van der Waals surface area contributed by atoms with E-state index in [0.29, 0.717) is 5.02 Å². The number of rotatable bonds is 4. The van der Waals surface area contributed by atoms with Crippen LogP contribution in [0.1, 0.15) is 41.5 Å². The van der Waals surface area contributed by atoms with Gasteiger partial charge in [-0.05, 0) is 37.1 Å². The van der Waals surface area contributed by atoms with Crippen LogP contribution in [0.15, 0.2) is 71.7 Å². The van der Waals surface area contributed by atoms with E-state index in [1.54, 1.807) is 9.58 Å². The molecule has 0 radical (unpaired) electrons. The second-order valence-electron chi connectivity index (χ2n) is 7.54. The molecule has 4 rings (SSSR count). The zero-order valence-corrected chi connectivity index (χ0v) is 17.5. The van der Waals surface area contributed by atoms with Crippen molar-refractivity contribution >= 4 is 17.5 Å². The molecule has 0 fully saturated rings. The molecule has 1 amide bonds. The summed E-state index contributed by atoms with van der Waals surface area (Å²) < 4.78 is 1.58. The van der Waals surface area contributed by atoms with Crippen LogP contribution in [0.4, 0.5) is 0 Å². The summed E-state index contributed by atoms with van der Waals surface area (Å²) in [5.74, 6) is -0.926. The highest BCUT2D eigenvalue weighted by molar-refractivity contribution is 6.30. The van der Waals surface area contributed by atoms with Gasteiger partial charge in [0.2, 0.25) is 5.43 Å². The van der Waals surface area contributed by atoms with Crippen LogP contribution >= 0.6 is 11.6 Å². The summed E-state index contributed by atoms with van der Waals surface area (Å²) in [7, 11) is 0. The molecule has 0 aliphatic carbocycles.